The molecule has 0 saturated carbocycles. The lowest BCUT2D eigenvalue weighted by Crippen LogP contribution is -2.16. The van der Waals surface area contributed by atoms with Gasteiger partial charge in [0.1, 0.15) is 4.90 Å². The van der Waals surface area contributed by atoms with E-state index in [2.05, 4.69) is 14.4 Å². The van der Waals surface area contributed by atoms with E-state index in [4.69, 9.17) is 17.3 Å². The van der Waals surface area contributed by atoms with E-state index < -0.39 is 10.1 Å². The SMILES string of the molecule is NC(=NOS(=O)(=O)c1ccc(Cl)cc1)c1cc[nH+]cc1. The second kappa shape index (κ2) is 5.89. The van der Waals surface area contributed by atoms with E-state index in [0.29, 0.717) is 10.6 Å². The Morgan fingerprint density at radius 3 is 2.35 bits per heavy atom. The third-order valence-electron chi connectivity index (χ3n) is 2.35. The van der Waals surface area contributed by atoms with E-state index in [0.717, 1.165) is 0 Å². The molecule has 0 amide bonds. The number of H-pyrrole nitrogens is 1. The molecule has 0 aliphatic rings. The number of nitrogens with zero attached hydrogens (tertiary/aromatic N) is 1. The molecule has 1 aromatic carbocycles. The molecule has 0 bridgehead atoms. The van der Waals surface area contributed by atoms with Crippen LogP contribution in [0.2, 0.25) is 5.02 Å². The lowest BCUT2D eigenvalue weighted by Gasteiger charge is -2.02. The van der Waals surface area contributed by atoms with Gasteiger partial charge in [0.15, 0.2) is 18.2 Å². The van der Waals surface area contributed by atoms with Crippen molar-refractivity contribution in [3.8, 4) is 0 Å². The molecule has 0 spiro atoms. The van der Waals surface area contributed by atoms with Gasteiger partial charge in [-0.2, -0.15) is 8.42 Å². The summed E-state index contributed by atoms with van der Waals surface area (Å²) in [5.74, 6) is -0.0449. The fourth-order valence-electron chi connectivity index (χ4n) is 1.34. The maximum atomic E-state index is 11.8. The number of rotatable bonds is 4. The summed E-state index contributed by atoms with van der Waals surface area (Å²) in [5.41, 5.74) is 6.17. The Morgan fingerprint density at radius 1 is 1.15 bits per heavy atom. The molecule has 0 aliphatic heterocycles. The molecule has 104 valence electrons. The number of aromatic amines is 1. The minimum absolute atomic E-state index is 0.0449. The molecular weight excluding hydrogens is 302 g/mol. The summed E-state index contributed by atoms with van der Waals surface area (Å²) in [6.45, 7) is 0. The van der Waals surface area contributed by atoms with Crippen LogP contribution in [0.3, 0.4) is 0 Å². The van der Waals surface area contributed by atoms with Gasteiger partial charge in [0.2, 0.25) is 0 Å². The summed E-state index contributed by atoms with van der Waals surface area (Å²) in [4.78, 5) is 2.75. The number of hydrogen-bond donors (Lipinski definition) is 1. The number of benzene rings is 1. The predicted molar refractivity (Wildman–Crippen MR) is 73.4 cm³/mol. The van der Waals surface area contributed by atoms with Gasteiger partial charge in [-0.25, -0.2) is 4.98 Å². The average molecular weight is 313 g/mol. The Kier molecular flexibility index (Phi) is 4.21. The van der Waals surface area contributed by atoms with Crippen molar-refractivity contribution in [1.82, 2.24) is 0 Å². The normalized spacial score (nSPS) is 12.2. The predicted octanol–water partition coefficient (Wildman–Crippen LogP) is 1.18. The maximum absolute atomic E-state index is 11.8. The fourth-order valence-corrected chi connectivity index (χ4v) is 2.20. The highest BCUT2D eigenvalue weighted by molar-refractivity contribution is 7.86. The fraction of sp³-hybridized carbons (Fsp3) is 0. The summed E-state index contributed by atoms with van der Waals surface area (Å²) in [5, 5.41) is 3.85. The first-order chi connectivity index (χ1) is 9.49. The average Bonchev–Trinajstić information content (AvgIpc) is 2.46. The van der Waals surface area contributed by atoms with Crippen LogP contribution in [0.15, 0.2) is 58.8 Å². The van der Waals surface area contributed by atoms with E-state index in [1.807, 2.05) is 0 Å². The van der Waals surface area contributed by atoms with Crippen LogP contribution in [0.1, 0.15) is 5.56 Å². The Bertz CT molecular complexity index is 715. The highest BCUT2D eigenvalue weighted by atomic mass is 35.5. The van der Waals surface area contributed by atoms with Crippen LogP contribution in [0.25, 0.3) is 0 Å². The molecule has 2 rings (SSSR count). The highest BCUT2D eigenvalue weighted by Crippen LogP contribution is 2.16. The zero-order chi connectivity index (χ0) is 14.6. The number of oxime groups is 1. The quantitative estimate of drug-likeness (QED) is 0.521. The monoisotopic (exact) mass is 312 g/mol. The Morgan fingerprint density at radius 2 is 1.75 bits per heavy atom. The number of pyridine rings is 1. The second-order valence-electron chi connectivity index (χ2n) is 3.75. The van der Waals surface area contributed by atoms with E-state index >= 15 is 0 Å². The van der Waals surface area contributed by atoms with Gasteiger partial charge < -0.3 is 5.73 Å². The molecule has 20 heavy (non-hydrogen) atoms. The summed E-state index contributed by atoms with van der Waals surface area (Å²) in [7, 11) is -4.01. The van der Waals surface area contributed by atoms with Crippen molar-refractivity contribution in [3.63, 3.8) is 0 Å². The molecule has 3 N–H and O–H groups in total. The van der Waals surface area contributed by atoms with Crippen LogP contribution in [0, 0.1) is 0 Å². The van der Waals surface area contributed by atoms with Crippen molar-refractivity contribution in [2.24, 2.45) is 10.9 Å². The van der Waals surface area contributed by atoms with E-state index in [9.17, 15) is 8.42 Å². The third-order valence-corrected chi connectivity index (χ3v) is 3.72. The van der Waals surface area contributed by atoms with Gasteiger partial charge in [-0.3, -0.25) is 4.28 Å². The van der Waals surface area contributed by atoms with Gasteiger partial charge in [0.05, 0.1) is 0 Å². The van der Waals surface area contributed by atoms with Gasteiger partial charge in [-0.1, -0.05) is 11.6 Å². The first-order valence-corrected chi connectivity index (χ1v) is 7.27. The zero-order valence-electron chi connectivity index (χ0n) is 10.2. The molecule has 1 aromatic heterocycles. The van der Waals surface area contributed by atoms with Crippen LogP contribution in [0.4, 0.5) is 0 Å². The van der Waals surface area contributed by atoms with Crippen molar-refractivity contribution in [3.05, 3.63) is 59.4 Å². The first-order valence-electron chi connectivity index (χ1n) is 5.48. The second-order valence-corrected chi connectivity index (χ2v) is 5.71. The van der Waals surface area contributed by atoms with Crippen molar-refractivity contribution < 1.29 is 17.7 Å². The van der Waals surface area contributed by atoms with E-state index in [-0.39, 0.29) is 10.7 Å². The van der Waals surface area contributed by atoms with Crippen molar-refractivity contribution in [2.75, 3.05) is 0 Å². The Balaban J connectivity index is 2.19. The molecule has 0 fully saturated rings. The zero-order valence-corrected chi connectivity index (χ0v) is 11.7. The smallest absolute Gasteiger partial charge is 0.358 e. The Hall–Kier alpha value is -2.12. The lowest BCUT2D eigenvalue weighted by atomic mass is 10.2. The number of aromatic nitrogens is 1. The number of amidine groups is 1. The van der Waals surface area contributed by atoms with Gasteiger partial charge in [-0.05, 0) is 29.4 Å². The molecule has 2 aromatic rings. The molecule has 0 unspecified atom stereocenters. The summed E-state index contributed by atoms with van der Waals surface area (Å²) >= 11 is 5.68. The summed E-state index contributed by atoms with van der Waals surface area (Å²) < 4.78 is 28.2. The van der Waals surface area contributed by atoms with Crippen molar-refractivity contribution in [1.29, 1.82) is 0 Å². The summed E-state index contributed by atoms with van der Waals surface area (Å²) in [6, 6.07) is 8.80. The molecular formula is C12H11ClN3O3S+. The van der Waals surface area contributed by atoms with Gasteiger partial charge in [-0.15, -0.1) is 0 Å². The van der Waals surface area contributed by atoms with Crippen LogP contribution >= 0.6 is 11.6 Å². The van der Waals surface area contributed by atoms with Crippen LogP contribution in [-0.2, 0) is 14.4 Å². The van der Waals surface area contributed by atoms with E-state index in [1.54, 1.807) is 24.5 Å². The van der Waals surface area contributed by atoms with Gasteiger partial charge >= 0.3 is 10.1 Å². The summed E-state index contributed by atoms with van der Waals surface area (Å²) in [6.07, 6.45) is 3.26. The molecule has 8 heteroatoms. The number of nitrogens with two attached hydrogens (primary N) is 1. The molecule has 1 heterocycles. The van der Waals surface area contributed by atoms with Gasteiger partial charge in [0, 0.05) is 22.7 Å². The molecule has 0 atom stereocenters. The molecule has 6 nitrogen and oxygen atoms in total. The molecule has 0 saturated heterocycles. The Labute approximate surface area is 121 Å². The van der Waals surface area contributed by atoms with Crippen molar-refractivity contribution >= 4 is 27.6 Å². The van der Waals surface area contributed by atoms with Crippen LogP contribution in [0.5, 0.6) is 0 Å². The number of hydrogen-bond acceptors (Lipinski definition) is 4. The maximum Gasteiger partial charge on any atom is 0.358 e. The molecule has 0 aliphatic carbocycles. The van der Waals surface area contributed by atoms with Crippen LogP contribution < -0.4 is 10.7 Å². The highest BCUT2D eigenvalue weighted by Gasteiger charge is 2.16. The topological polar surface area (TPSA) is 95.9 Å². The third kappa shape index (κ3) is 3.46. The minimum Gasteiger partial charge on any atom is -0.380 e. The number of nitrogens with one attached hydrogen (secondary N) is 1. The van der Waals surface area contributed by atoms with E-state index in [1.165, 1.54) is 24.3 Å². The minimum atomic E-state index is -4.01. The van der Waals surface area contributed by atoms with Gasteiger partial charge in [0.25, 0.3) is 0 Å². The molecule has 0 radical (unpaired) electrons. The number of halogens is 1. The first kappa shape index (κ1) is 14.3. The van der Waals surface area contributed by atoms with Crippen LogP contribution in [-0.4, -0.2) is 14.3 Å². The standard InChI is InChI=1S/C12H10ClN3O3S/c13-10-1-3-11(4-2-10)20(17,18)19-16-12(14)9-5-7-15-8-6-9/h1-8H,(H2,14,16)/p+1. The van der Waals surface area contributed by atoms with Crippen molar-refractivity contribution in [2.45, 2.75) is 4.90 Å². The lowest BCUT2D eigenvalue weighted by molar-refractivity contribution is -0.378. The largest absolute Gasteiger partial charge is 0.380 e.